The molecule has 0 aliphatic rings. The van der Waals surface area contributed by atoms with Gasteiger partial charge < -0.3 is 33.6 Å². The highest BCUT2D eigenvalue weighted by Crippen LogP contribution is 2.12. The summed E-state index contributed by atoms with van der Waals surface area (Å²) in [4.78, 5) is 39.6. The van der Waals surface area contributed by atoms with E-state index in [1.165, 1.54) is 0 Å². The minimum atomic E-state index is -0.912. The maximum absolute atomic E-state index is 12.2. The summed E-state index contributed by atoms with van der Waals surface area (Å²) >= 11 is 0. The lowest BCUT2D eigenvalue weighted by atomic mass is 9.98. The lowest BCUT2D eigenvalue weighted by Gasteiger charge is -2.23. The van der Waals surface area contributed by atoms with E-state index in [-0.39, 0.29) is 30.6 Å². The van der Waals surface area contributed by atoms with Crippen molar-refractivity contribution in [1.29, 1.82) is 0 Å². The molecule has 10 heteroatoms. The molecule has 0 aromatic heterocycles. The predicted octanol–water partition coefficient (Wildman–Crippen LogP) is -0.669. The summed E-state index contributed by atoms with van der Waals surface area (Å²) < 4.78 is 0. The number of nitrogens with two attached hydrogens (primary N) is 4. The van der Waals surface area contributed by atoms with E-state index in [1.807, 2.05) is 13.8 Å². The molecule has 0 fully saturated rings. The van der Waals surface area contributed by atoms with Gasteiger partial charge in [-0.1, -0.05) is 32.4 Å². The number of hydrogen-bond acceptors (Lipinski definition) is 5. The standard InChI is InChI=1S/C19H31N7O3/c1-3-11(2)16(17(21)28)26-18(29)14(20)8-9-15(27)24-10-12-4-6-13(7-5-12)25-19(22)23/h4-7,11,14,16H,3,8-10,20H2,1-2H3,(H2,21,28)(H,24,27)(H,26,29)(H4,22,23,25)/t11-,14+,16-/m1/s1. The Morgan fingerprint density at radius 3 is 2.24 bits per heavy atom. The first-order valence-electron chi connectivity index (χ1n) is 9.44. The summed E-state index contributed by atoms with van der Waals surface area (Å²) in [7, 11) is 0. The molecular weight excluding hydrogens is 374 g/mol. The van der Waals surface area contributed by atoms with Crippen LogP contribution in [0.2, 0.25) is 0 Å². The Morgan fingerprint density at radius 1 is 1.10 bits per heavy atom. The van der Waals surface area contributed by atoms with E-state index in [4.69, 9.17) is 22.9 Å². The molecule has 0 aliphatic heterocycles. The van der Waals surface area contributed by atoms with Crippen molar-refractivity contribution in [2.75, 3.05) is 0 Å². The number of aliphatic imine (C=N–C) groups is 1. The number of nitrogens with one attached hydrogen (secondary N) is 2. The average molecular weight is 406 g/mol. The highest BCUT2D eigenvalue weighted by molar-refractivity contribution is 5.89. The summed E-state index contributed by atoms with van der Waals surface area (Å²) in [6, 6.07) is 5.35. The van der Waals surface area contributed by atoms with Gasteiger partial charge in [-0.25, -0.2) is 4.99 Å². The van der Waals surface area contributed by atoms with Crippen LogP contribution in [0.4, 0.5) is 5.69 Å². The fraction of sp³-hybridized carbons (Fsp3) is 0.474. The zero-order valence-electron chi connectivity index (χ0n) is 16.9. The molecular formula is C19H31N7O3. The summed E-state index contributed by atoms with van der Waals surface area (Å²) in [5, 5.41) is 5.32. The van der Waals surface area contributed by atoms with Crippen molar-refractivity contribution in [3.05, 3.63) is 29.8 Å². The van der Waals surface area contributed by atoms with Gasteiger partial charge in [0.15, 0.2) is 5.96 Å². The third-order valence-electron chi connectivity index (χ3n) is 4.52. The van der Waals surface area contributed by atoms with Crippen LogP contribution < -0.4 is 33.6 Å². The van der Waals surface area contributed by atoms with E-state index in [1.54, 1.807) is 24.3 Å². The predicted molar refractivity (Wildman–Crippen MR) is 112 cm³/mol. The Morgan fingerprint density at radius 2 is 1.72 bits per heavy atom. The van der Waals surface area contributed by atoms with E-state index in [9.17, 15) is 14.4 Å². The molecule has 0 bridgehead atoms. The first-order valence-corrected chi connectivity index (χ1v) is 9.44. The first-order chi connectivity index (χ1) is 13.6. The summed E-state index contributed by atoms with van der Waals surface area (Å²) in [5.74, 6) is -1.49. The molecule has 1 rings (SSSR count). The topological polar surface area (TPSA) is 192 Å². The van der Waals surface area contributed by atoms with Crippen molar-refractivity contribution in [3.8, 4) is 0 Å². The lowest BCUT2D eigenvalue weighted by Crippen LogP contribution is -2.53. The van der Waals surface area contributed by atoms with E-state index in [2.05, 4.69) is 15.6 Å². The number of rotatable bonds is 11. The smallest absolute Gasteiger partial charge is 0.240 e. The third-order valence-corrected chi connectivity index (χ3v) is 4.52. The molecule has 29 heavy (non-hydrogen) atoms. The highest BCUT2D eigenvalue weighted by atomic mass is 16.2. The second-order valence-electron chi connectivity index (χ2n) is 6.90. The fourth-order valence-electron chi connectivity index (χ4n) is 2.53. The van der Waals surface area contributed by atoms with Crippen molar-refractivity contribution in [1.82, 2.24) is 10.6 Å². The maximum atomic E-state index is 12.2. The van der Waals surface area contributed by atoms with E-state index >= 15 is 0 Å². The van der Waals surface area contributed by atoms with Crippen LogP contribution in [-0.4, -0.2) is 35.8 Å². The molecule has 1 aromatic carbocycles. The largest absolute Gasteiger partial charge is 0.370 e. The van der Waals surface area contributed by atoms with Gasteiger partial charge in [-0.3, -0.25) is 14.4 Å². The zero-order valence-corrected chi connectivity index (χ0v) is 16.9. The van der Waals surface area contributed by atoms with Crippen LogP contribution in [0.3, 0.4) is 0 Å². The van der Waals surface area contributed by atoms with Crippen LogP contribution in [0.15, 0.2) is 29.3 Å². The Labute approximate surface area is 170 Å². The molecule has 0 heterocycles. The molecule has 10 N–H and O–H groups in total. The Kier molecular flexibility index (Phi) is 9.60. The average Bonchev–Trinajstić information content (AvgIpc) is 2.68. The number of carbonyl (C=O) groups excluding carboxylic acids is 3. The first kappa shape index (κ1) is 23.9. The van der Waals surface area contributed by atoms with Gasteiger partial charge in [0, 0.05) is 13.0 Å². The van der Waals surface area contributed by atoms with Gasteiger partial charge in [0.25, 0.3) is 0 Å². The number of carbonyl (C=O) groups is 3. The maximum Gasteiger partial charge on any atom is 0.240 e. The van der Waals surface area contributed by atoms with Crippen molar-refractivity contribution in [3.63, 3.8) is 0 Å². The van der Waals surface area contributed by atoms with Gasteiger partial charge in [0.2, 0.25) is 17.7 Å². The molecule has 0 aliphatic carbocycles. The van der Waals surface area contributed by atoms with Crippen LogP contribution in [0.1, 0.15) is 38.7 Å². The number of guanidine groups is 1. The van der Waals surface area contributed by atoms with Gasteiger partial charge >= 0.3 is 0 Å². The number of amides is 3. The third kappa shape index (κ3) is 8.60. The number of hydrogen-bond donors (Lipinski definition) is 6. The van der Waals surface area contributed by atoms with E-state index < -0.39 is 23.9 Å². The highest BCUT2D eigenvalue weighted by Gasteiger charge is 2.26. The molecule has 1 aromatic rings. The molecule has 10 nitrogen and oxygen atoms in total. The van der Waals surface area contributed by atoms with E-state index in [0.717, 1.165) is 5.56 Å². The summed E-state index contributed by atoms with van der Waals surface area (Å²) in [6.45, 7) is 4.03. The summed E-state index contributed by atoms with van der Waals surface area (Å²) in [5.41, 5.74) is 23.3. The molecule has 0 radical (unpaired) electrons. The molecule has 3 amide bonds. The quantitative estimate of drug-likeness (QED) is 0.209. The Bertz CT molecular complexity index is 730. The fourth-order valence-corrected chi connectivity index (χ4v) is 2.53. The molecule has 0 saturated heterocycles. The van der Waals surface area contributed by atoms with Crippen LogP contribution in [0.5, 0.6) is 0 Å². The number of benzene rings is 1. The minimum Gasteiger partial charge on any atom is -0.370 e. The Balaban J connectivity index is 2.44. The van der Waals surface area contributed by atoms with Crippen LogP contribution >= 0.6 is 0 Å². The Hall–Kier alpha value is -3.14. The minimum absolute atomic E-state index is 0.0299. The monoisotopic (exact) mass is 405 g/mol. The van der Waals surface area contributed by atoms with Crippen molar-refractivity contribution in [2.45, 2.75) is 51.7 Å². The lowest BCUT2D eigenvalue weighted by molar-refractivity contribution is -0.129. The number of nitrogens with zero attached hydrogens (tertiary/aromatic N) is 1. The van der Waals surface area contributed by atoms with Gasteiger partial charge in [0.1, 0.15) is 6.04 Å². The molecule has 160 valence electrons. The molecule has 3 atom stereocenters. The van der Waals surface area contributed by atoms with Gasteiger partial charge in [-0.15, -0.1) is 0 Å². The second kappa shape index (κ2) is 11.6. The van der Waals surface area contributed by atoms with Crippen LogP contribution in [0, 0.1) is 5.92 Å². The van der Waals surface area contributed by atoms with Gasteiger partial charge in [0.05, 0.1) is 11.7 Å². The van der Waals surface area contributed by atoms with Crippen molar-refractivity contribution in [2.24, 2.45) is 33.8 Å². The van der Waals surface area contributed by atoms with Gasteiger partial charge in [-0.2, -0.15) is 0 Å². The molecule has 0 unspecified atom stereocenters. The van der Waals surface area contributed by atoms with Crippen LogP contribution in [-0.2, 0) is 20.9 Å². The van der Waals surface area contributed by atoms with Crippen molar-refractivity contribution >= 4 is 29.4 Å². The number of primary amides is 1. The zero-order chi connectivity index (χ0) is 22.0. The normalized spacial score (nSPS) is 13.6. The van der Waals surface area contributed by atoms with Gasteiger partial charge in [-0.05, 0) is 30.0 Å². The van der Waals surface area contributed by atoms with E-state index in [0.29, 0.717) is 18.7 Å². The SMILES string of the molecule is CC[C@@H](C)[C@@H](NC(=O)[C@@H](N)CCC(=O)NCc1ccc(N=C(N)N)cc1)C(N)=O. The van der Waals surface area contributed by atoms with Crippen LogP contribution in [0.25, 0.3) is 0 Å². The summed E-state index contributed by atoms with van der Waals surface area (Å²) in [6.07, 6.45) is 0.900. The van der Waals surface area contributed by atoms with Crippen molar-refractivity contribution < 1.29 is 14.4 Å². The molecule has 0 spiro atoms. The molecule has 0 saturated carbocycles. The second-order valence-corrected chi connectivity index (χ2v) is 6.90.